The van der Waals surface area contributed by atoms with E-state index in [0.29, 0.717) is 11.6 Å². The van der Waals surface area contributed by atoms with E-state index in [2.05, 4.69) is 10.2 Å². The van der Waals surface area contributed by atoms with E-state index in [9.17, 15) is 4.79 Å². The number of nitrogens with one attached hydrogen (secondary N) is 1. The van der Waals surface area contributed by atoms with Crippen molar-refractivity contribution in [2.45, 2.75) is 44.3 Å². The van der Waals surface area contributed by atoms with Gasteiger partial charge in [0.1, 0.15) is 0 Å². The van der Waals surface area contributed by atoms with Crippen LogP contribution < -0.4 is 11.1 Å². The molecule has 1 atom stereocenters. The van der Waals surface area contributed by atoms with Crippen LogP contribution in [0.25, 0.3) is 0 Å². The van der Waals surface area contributed by atoms with Crippen molar-refractivity contribution in [2.75, 3.05) is 13.1 Å². The summed E-state index contributed by atoms with van der Waals surface area (Å²) < 4.78 is 0. The van der Waals surface area contributed by atoms with Gasteiger partial charge in [-0.3, -0.25) is 9.69 Å². The Morgan fingerprint density at radius 1 is 1.24 bits per heavy atom. The highest BCUT2D eigenvalue weighted by Gasteiger charge is 2.31. The number of halogens is 1. The van der Waals surface area contributed by atoms with Gasteiger partial charge in [0.2, 0.25) is 5.91 Å². The topological polar surface area (TPSA) is 58.4 Å². The summed E-state index contributed by atoms with van der Waals surface area (Å²) in [6.07, 6.45) is 5.25. The summed E-state index contributed by atoms with van der Waals surface area (Å²) in [7, 11) is 0. The minimum Gasteiger partial charge on any atom is -0.366 e. The quantitative estimate of drug-likeness (QED) is 0.844. The molecule has 2 fully saturated rings. The van der Waals surface area contributed by atoms with Gasteiger partial charge in [0.15, 0.2) is 0 Å². The van der Waals surface area contributed by atoms with Crippen LogP contribution in [-0.4, -0.2) is 36.0 Å². The largest absolute Gasteiger partial charge is 0.366 e. The molecule has 1 saturated heterocycles. The predicted molar refractivity (Wildman–Crippen MR) is 86.7 cm³/mol. The first kappa shape index (κ1) is 16.3. The lowest BCUT2D eigenvalue weighted by molar-refractivity contribution is 0.100. The van der Waals surface area contributed by atoms with Crippen molar-refractivity contribution in [3.05, 3.63) is 35.4 Å². The summed E-state index contributed by atoms with van der Waals surface area (Å²) >= 11 is 0. The highest BCUT2D eigenvalue weighted by atomic mass is 35.5. The minimum atomic E-state index is -0.356. The summed E-state index contributed by atoms with van der Waals surface area (Å²) in [5.41, 5.74) is 7.13. The van der Waals surface area contributed by atoms with Crippen molar-refractivity contribution in [2.24, 2.45) is 5.73 Å². The molecule has 0 radical (unpaired) electrons. The minimum absolute atomic E-state index is 0. The second-order valence-electron chi connectivity index (χ2n) is 6.02. The first-order valence-electron chi connectivity index (χ1n) is 7.58. The van der Waals surface area contributed by atoms with E-state index in [0.717, 1.165) is 25.7 Å². The smallest absolute Gasteiger partial charge is 0.248 e. The van der Waals surface area contributed by atoms with Crippen molar-refractivity contribution in [3.63, 3.8) is 0 Å². The highest BCUT2D eigenvalue weighted by molar-refractivity contribution is 5.92. The number of primary amides is 1. The second kappa shape index (κ2) is 7.25. The molecule has 3 rings (SSSR count). The van der Waals surface area contributed by atoms with Crippen LogP contribution in [0.2, 0.25) is 0 Å². The fraction of sp³-hybridized carbons (Fsp3) is 0.562. The van der Waals surface area contributed by atoms with Crippen LogP contribution in [0.15, 0.2) is 24.3 Å². The number of nitrogens with two attached hydrogens (primary N) is 1. The molecule has 1 aliphatic heterocycles. The third-order valence-corrected chi connectivity index (χ3v) is 4.30. The third kappa shape index (κ3) is 4.43. The number of carbonyl (C=O) groups excluding carboxylic acids is 1. The van der Waals surface area contributed by atoms with Crippen LogP contribution in [0.4, 0.5) is 0 Å². The normalized spacial score (nSPS) is 21.3. The molecule has 21 heavy (non-hydrogen) atoms. The molecule has 3 N–H and O–H groups in total. The molecule has 0 spiro atoms. The SMILES string of the molecule is Cl.NC(=O)c1ccc(CN(CC2CCCN2)C2CC2)cc1. The molecule has 1 aliphatic carbocycles. The van der Waals surface area contributed by atoms with Crippen LogP contribution in [0.5, 0.6) is 0 Å². The third-order valence-electron chi connectivity index (χ3n) is 4.30. The van der Waals surface area contributed by atoms with Crippen molar-refractivity contribution >= 4 is 18.3 Å². The lowest BCUT2D eigenvalue weighted by atomic mass is 10.1. The van der Waals surface area contributed by atoms with E-state index in [-0.39, 0.29) is 18.3 Å². The number of rotatable bonds is 6. The van der Waals surface area contributed by atoms with E-state index in [1.54, 1.807) is 0 Å². The van der Waals surface area contributed by atoms with Crippen LogP contribution in [0.3, 0.4) is 0 Å². The Morgan fingerprint density at radius 3 is 2.48 bits per heavy atom. The van der Waals surface area contributed by atoms with Gasteiger partial charge in [-0.1, -0.05) is 12.1 Å². The molecule has 1 unspecified atom stereocenters. The van der Waals surface area contributed by atoms with Gasteiger partial charge in [0.05, 0.1) is 0 Å². The molecule has 1 saturated carbocycles. The summed E-state index contributed by atoms with van der Waals surface area (Å²) in [5.74, 6) is -0.356. The molecule has 0 aromatic heterocycles. The van der Waals surface area contributed by atoms with E-state index < -0.39 is 0 Å². The van der Waals surface area contributed by atoms with E-state index in [1.165, 1.54) is 31.2 Å². The van der Waals surface area contributed by atoms with Crippen molar-refractivity contribution in [1.82, 2.24) is 10.2 Å². The van der Waals surface area contributed by atoms with Gasteiger partial charge >= 0.3 is 0 Å². The van der Waals surface area contributed by atoms with Crippen LogP contribution >= 0.6 is 12.4 Å². The zero-order valence-corrected chi connectivity index (χ0v) is 13.1. The van der Waals surface area contributed by atoms with Gasteiger partial charge in [0.25, 0.3) is 0 Å². The van der Waals surface area contributed by atoms with Gasteiger partial charge < -0.3 is 11.1 Å². The van der Waals surface area contributed by atoms with Gasteiger partial charge in [-0.2, -0.15) is 0 Å². The monoisotopic (exact) mass is 309 g/mol. The Labute approximate surface area is 132 Å². The van der Waals surface area contributed by atoms with E-state index >= 15 is 0 Å². The number of amides is 1. The number of nitrogens with zero attached hydrogens (tertiary/aromatic N) is 1. The Kier molecular flexibility index (Phi) is 5.62. The van der Waals surface area contributed by atoms with Gasteiger partial charge in [0, 0.05) is 30.7 Å². The van der Waals surface area contributed by atoms with Crippen molar-refractivity contribution < 1.29 is 4.79 Å². The molecular formula is C16H24ClN3O. The Bertz CT molecular complexity index is 467. The standard InChI is InChI=1S/C16H23N3O.ClH/c17-16(20)13-5-3-12(4-6-13)10-19(15-7-8-15)11-14-2-1-9-18-14;/h3-6,14-15,18H,1-2,7-11H2,(H2,17,20);1H. The van der Waals surface area contributed by atoms with Crippen LogP contribution in [0, 0.1) is 0 Å². The van der Waals surface area contributed by atoms with Crippen LogP contribution in [-0.2, 0) is 6.54 Å². The number of benzene rings is 1. The second-order valence-corrected chi connectivity index (χ2v) is 6.02. The van der Waals surface area contributed by atoms with Crippen LogP contribution in [0.1, 0.15) is 41.6 Å². The number of hydrogen-bond acceptors (Lipinski definition) is 3. The zero-order chi connectivity index (χ0) is 13.9. The average Bonchev–Trinajstić information content (AvgIpc) is 3.17. The highest BCUT2D eigenvalue weighted by Crippen LogP contribution is 2.29. The van der Waals surface area contributed by atoms with Crippen molar-refractivity contribution in [1.29, 1.82) is 0 Å². The van der Waals surface area contributed by atoms with Gasteiger partial charge in [-0.05, 0) is 49.9 Å². The molecule has 2 aliphatic rings. The molecule has 1 heterocycles. The van der Waals surface area contributed by atoms with Crippen molar-refractivity contribution in [3.8, 4) is 0 Å². The summed E-state index contributed by atoms with van der Waals surface area (Å²) in [4.78, 5) is 13.7. The van der Waals surface area contributed by atoms with E-state index in [1.807, 2.05) is 24.3 Å². The molecular weight excluding hydrogens is 286 g/mol. The average molecular weight is 310 g/mol. The Balaban J connectivity index is 0.00000161. The summed E-state index contributed by atoms with van der Waals surface area (Å²) in [5, 5.41) is 3.58. The molecule has 5 heteroatoms. The number of hydrogen-bond donors (Lipinski definition) is 2. The van der Waals surface area contributed by atoms with Gasteiger partial charge in [-0.15, -0.1) is 12.4 Å². The summed E-state index contributed by atoms with van der Waals surface area (Å²) in [6, 6.07) is 9.12. The predicted octanol–water partition coefficient (Wildman–Crippen LogP) is 1.92. The maximum atomic E-state index is 11.1. The Hall–Kier alpha value is -1.10. The van der Waals surface area contributed by atoms with E-state index in [4.69, 9.17) is 5.73 Å². The molecule has 1 aromatic rings. The number of carbonyl (C=O) groups is 1. The molecule has 116 valence electrons. The lowest BCUT2D eigenvalue weighted by Crippen LogP contribution is -2.38. The molecule has 1 aromatic carbocycles. The molecule has 1 amide bonds. The van der Waals surface area contributed by atoms with Gasteiger partial charge in [-0.25, -0.2) is 0 Å². The fourth-order valence-corrected chi connectivity index (χ4v) is 2.99. The molecule has 0 bridgehead atoms. The molecule has 4 nitrogen and oxygen atoms in total. The maximum Gasteiger partial charge on any atom is 0.248 e. The first-order valence-corrected chi connectivity index (χ1v) is 7.58. The maximum absolute atomic E-state index is 11.1. The summed E-state index contributed by atoms with van der Waals surface area (Å²) in [6.45, 7) is 3.28. The zero-order valence-electron chi connectivity index (χ0n) is 12.3. The Morgan fingerprint density at radius 2 is 1.95 bits per heavy atom. The lowest BCUT2D eigenvalue weighted by Gasteiger charge is -2.25. The first-order chi connectivity index (χ1) is 9.72. The fourth-order valence-electron chi connectivity index (χ4n) is 2.99.